The molecule has 1 atom stereocenters. The normalized spacial score (nSPS) is 16.2. The first-order chi connectivity index (χ1) is 11.0. The summed E-state index contributed by atoms with van der Waals surface area (Å²) in [6.07, 6.45) is -0.695. The van der Waals surface area contributed by atoms with Gasteiger partial charge >= 0.3 is 5.97 Å². The topological polar surface area (TPSA) is 98.5 Å². The highest BCUT2D eigenvalue weighted by Gasteiger charge is 2.31. The van der Waals surface area contributed by atoms with Crippen LogP contribution in [0.5, 0.6) is 0 Å². The Hall–Kier alpha value is -3.22. The molecular formula is C16H12N2O5. The molecule has 0 spiro atoms. The maximum Gasteiger partial charge on any atom is 0.339 e. The number of amides is 1. The number of hydrogen-bond donors (Lipinski definition) is 1. The Morgan fingerprint density at radius 3 is 2.78 bits per heavy atom. The summed E-state index contributed by atoms with van der Waals surface area (Å²) in [6.45, 7) is 0. The Kier molecular flexibility index (Phi) is 3.76. The van der Waals surface area contributed by atoms with Gasteiger partial charge in [-0.3, -0.25) is 14.9 Å². The van der Waals surface area contributed by atoms with Crippen LogP contribution in [0, 0.1) is 10.1 Å². The number of ether oxygens (including phenoxy) is 1. The lowest BCUT2D eigenvalue weighted by Gasteiger charge is -2.23. The number of rotatable bonds is 3. The van der Waals surface area contributed by atoms with Crippen LogP contribution in [0.25, 0.3) is 0 Å². The number of hydrogen-bond acceptors (Lipinski definition) is 5. The second-order valence-corrected chi connectivity index (χ2v) is 5.05. The molecule has 2 aromatic carbocycles. The van der Waals surface area contributed by atoms with Gasteiger partial charge in [-0.2, -0.15) is 0 Å². The van der Waals surface area contributed by atoms with Crippen molar-refractivity contribution in [1.29, 1.82) is 0 Å². The largest absolute Gasteiger partial charge is 0.448 e. The number of carbonyl (C=O) groups is 2. The van der Waals surface area contributed by atoms with Gasteiger partial charge in [0.2, 0.25) is 0 Å². The van der Waals surface area contributed by atoms with Crippen molar-refractivity contribution >= 4 is 23.3 Å². The zero-order chi connectivity index (χ0) is 16.4. The Balaban J connectivity index is 1.76. The lowest BCUT2D eigenvalue weighted by molar-refractivity contribution is -0.384. The number of nitrogens with one attached hydrogen (secondary N) is 1. The van der Waals surface area contributed by atoms with Crippen molar-refractivity contribution < 1.29 is 19.2 Å². The molecule has 2 aromatic rings. The summed E-state index contributed by atoms with van der Waals surface area (Å²) in [5, 5.41) is 13.3. The van der Waals surface area contributed by atoms with Crippen LogP contribution < -0.4 is 5.32 Å². The number of benzene rings is 2. The van der Waals surface area contributed by atoms with Crippen LogP contribution in [0.15, 0.2) is 48.5 Å². The van der Waals surface area contributed by atoms with E-state index in [1.807, 2.05) is 0 Å². The molecule has 0 aliphatic carbocycles. The minimum Gasteiger partial charge on any atom is -0.448 e. The molecule has 7 nitrogen and oxygen atoms in total. The van der Waals surface area contributed by atoms with E-state index in [-0.39, 0.29) is 17.8 Å². The molecule has 0 radical (unpaired) electrons. The Morgan fingerprint density at radius 1 is 1.22 bits per heavy atom. The maximum atomic E-state index is 12.2. The minimum atomic E-state index is -0.961. The Labute approximate surface area is 131 Å². The predicted molar refractivity (Wildman–Crippen MR) is 81.1 cm³/mol. The molecule has 0 unspecified atom stereocenters. The van der Waals surface area contributed by atoms with Crippen molar-refractivity contribution in [3.05, 3.63) is 69.8 Å². The van der Waals surface area contributed by atoms with Crippen molar-refractivity contribution in [2.45, 2.75) is 12.5 Å². The molecule has 1 amide bonds. The lowest BCUT2D eigenvalue weighted by Crippen LogP contribution is -2.37. The van der Waals surface area contributed by atoms with Gasteiger partial charge in [0.15, 0.2) is 6.10 Å². The molecule has 1 heterocycles. The third-order valence-electron chi connectivity index (χ3n) is 3.51. The summed E-state index contributed by atoms with van der Waals surface area (Å²) < 4.78 is 5.14. The van der Waals surface area contributed by atoms with Gasteiger partial charge in [0, 0.05) is 24.2 Å². The molecule has 1 aliphatic rings. The van der Waals surface area contributed by atoms with Gasteiger partial charge in [-0.25, -0.2) is 4.79 Å². The number of fused-ring (bicyclic) bond motifs is 1. The van der Waals surface area contributed by atoms with Crippen LogP contribution in [0.3, 0.4) is 0 Å². The first-order valence-corrected chi connectivity index (χ1v) is 6.89. The molecule has 0 saturated carbocycles. The second-order valence-electron chi connectivity index (χ2n) is 5.05. The fourth-order valence-electron chi connectivity index (χ4n) is 2.40. The number of carbonyl (C=O) groups excluding carboxylic acids is 2. The number of nitro groups is 1. The average molecular weight is 312 g/mol. The number of anilines is 1. The van der Waals surface area contributed by atoms with Gasteiger partial charge in [0.05, 0.1) is 10.5 Å². The van der Waals surface area contributed by atoms with E-state index in [9.17, 15) is 19.7 Å². The van der Waals surface area contributed by atoms with Crippen molar-refractivity contribution in [1.82, 2.24) is 0 Å². The maximum absolute atomic E-state index is 12.2. The van der Waals surface area contributed by atoms with Crippen LogP contribution in [0.4, 0.5) is 11.4 Å². The Morgan fingerprint density at radius 2 is 2.00 bits per heavy atom. The molecule has 0 saturated heterocycles. The Bertz CT molecular complexity index is 803. The van der Waals surface area contributed by atoms with Crippen molar-refractivity contribution in [2.24, 2.45) is 0 Å². The van der Waals surface area contributed by atoms with Gasteiger partial charge in [-0.05, 0) is 17.7 Å². The monoisotopic (exact) mass is 312 g/mol. The second kappa shape index (κ2) is 5.88. The smallest absolute Gasteiger partial charge is 0.339 e. The molecule has 0 bridgehead atoms. The van der Waals surface area contributed by atoms with Gasteiger partial charge in [0.25, 0.3) is 11.6 Å². The van der Waals surface area contributed by atoms with Crippen molar-refractivity contribution in [3.8, 4) is 0 Å². The number of cyclic esters (lactones) is 1. The highest BCUT2D eigenvalue weighted by atomic mass is 16.6. The summed E-state index contributed by atoms with van der Waals surface area (Å²) >= 11 is 0. The highest BCUT2D eigenvalue weighted by Crippen LogP contribution is 2.22. The molecule has 0 fully saturated rings. The molecule has 7 heteroatoms. The van der Waals surface area contributed by atoms with Crippen LogP contribution in [0.2, 0.25) is 0 Å². The van der Waals surface area contributed by atoms with E-state index in [4.69, 9.17) is 4.74 Å². The summed E-state index contributed by atoms with van der Waals surface area (Å²) in [6, 6.07) is 12.5. The van der Waals surface area contributed by atoms with Gasteiger partial charge in [0.1, 0.15) is 0 Å². The predicted octanol–water partition coefficient (Wildman–Crippen LogP) is 2.32. The molecule has 0 aromatic heterocycles. The summed E-state index contributed by atoms with van der Waals surface area (Å²) in [4.78, 5) is 34.3. The SMILES string of the molecule is O=C1O[C@@H](C(=O)Nc2cccc([N+](=O)[O-])c2)Cc2ccccc21. The van der Waals surface area contributed by atoms with E-state index in [1.54, 1.807) is 24.3 Å². The van der Waals surface area contributed by atoms with Crippen LogP contribution in [-0.2, 0) is 16.0 Å². The quantitative estimate of drug-likeness (QED) is 0.532. The molecule has 3 rings (SSSR count). The minimum absolute atomic E-state index is 0.131. The summed E-state index contributed by atoms with van der Waals surface area (Å²) in [5.41, 5.74) is 1.34. The molecule has 23 heavy (non-hydrogen) atoms. The summed E-state index contributed by atoms with van der Waals surface area (Å²) in [5.74, 6) is -1.07. The van der Waals surface area contributed by atoms with Gasteiger partial charge in [-0.1, -0.05) is 24.3 Å². The lowest BCUT2D eigenvalue weighted by atomic mass is 9.98. The van der Waals surface area contributed by atoms with E-state index in [0.717, 1.165) is 5.56 Å². The zero-order valence-electron chi connectivity index (χ0n) is 11.9. The fraction of sp³-hybridized carbons (Fsp3) is 0.125. The third-order valence-corrected chi connectivity index (χ3v) is 3.51. The van der Waals surface area contributed by atoms with E-state index in [1.165, 1.54) is 24.3 Å². The van der Waals surface area contributed by atoms with Crippen LogP contribution >= 0.6 is 0 Å². The first-order valence-electron chi connectivity index (χ1n) is 6.89. The fourth-order valence-corrected chi connectivity index (χ4v) is 2.40. The molecule has 116 valence electrons. The highest BCUT2D eigenvalue weighted by molar-refractivity contribution is 6.00. The number of nitrogens with zero attached hydrogens (tertiary/aromatic N) is 1. The van der Waals surface area contributed by atoms with Crippen molar-refractivity contribution in [3.63, 3.8) is 0 Å². The molecule has 1 aliphatic heterocycles. The van der Waals surface area contributed by atoms with Crippen LogP contribution in [-0.4, -0.2) is 22.9 Å². The van der Waals surface area contributed by atoms with E-state index in [0.29, 0.717) is 5.56 Å². The zero-order valence-corrected chi connectivity index (χ0v) is 11.9. The number of nitro benzene ring substituents is 1. The summed E-state index contributed by atoms with van der Waals surface area (Å²) in [7, 11) is 0. The van der Waals surface area contributed by atoms with Crippen molar-refractivity contribution in [2.75, 3.05) is 5.32 Å². The van der Waals surface area contributed by atoms with E-state index in [2.05, 4.69) is 5.32 Å². The van der Waals surface area contributed by atoms with Gasteiger partial charge < -0.3 is 10.1 Å². The average Bonchev–Trinajstić information content (AvgIpc) is 2.55. The third kappa shape index (κ3) is 3.03. The number of esters is 1. The van der Waals surface area contributed by atoms with E-state index >= 15 is 0 Å². The standard InChI is InChI=1S/C16H12N2O5/c19-15(17-11-5-3-6-12(9-11)18(21)22)14-8-10-4-1-2-7-13(10)16(20)23-14/h1-7,9,14H,8H2,(H,17,19)/t14-/m1/s1. The van der Waals surface area contributed by atoms with Gasteiger partial charge in [-0.15, -0.1) is 0 Å². The first kappa shape index (κ1) is 14.7. The molecule has 1 N–H and O–H groups in total. The van der Waals surface area contributed by atoms with E-state index < -0.39 is 22.9 Å². The molecular weight excluding hydrogens is 300 g/mol. The van der Waals surface area contributed by atoms with Crippen LogP contribution in [0.1, 0.15) is 15.9 Å². The number of non-ortho nitro benzene ring substituents is 1.